The minimum Gasteiger partial charge on any atom is -0.243 e. The predicted octanol–water partition coefficient (Wildman–Crippen LogP) is 2.26. The molecule has 2 rings (SSSR count). The molecule has 0 N–H and O–H groups in total. The van der Waals surface area contributed by atoms with Gasteiger partial charge in [0.25, 0.3) is 0 Å². The van der Waals surface area contributed by atoms with Gasteiger partial charge in [-0.15, -0.1) is 0 Å². The van der Waals surface area contributed by atoms with E-state index in [1.807, 2.05) is 25.1 Å². The van der Waals surface area contributed by atoms with E-state index < -0.39 is 9.84 Å². The van der Waals surface area contributed by atoms with Crippen molar-refractivity contribution in [1.82, 2.24) is 10.3 Å². The third-order valence-corrected chi connectivity index (χ3v) is 5.26. The van der Waals surface area contributed by atoms with Crippen molar-refractivity contribution in [2.45, 2.75) is 11.9 Å². The van der Waals surface area contributed by atoms with Crippen LogP contribution in [0.1, 0.15) is 6.92 Å². The van der Waals surface area contributed by atoms with E-state index in [0.29, 0.717) is 11.3 Å². The third-order valence-electron chi connectivity index (χ3n) is 2.50. The van der Waals surface area contributed by atoms with E-state index in [1.54, 1.807) is 23.9 Å². The molecular formula is C12H14N2O3S2. The molecule has 0 aliphatic heterocycles. The average Bonchev–Trinajstić information content (AvgIpc) is 2.90. The first-order valence-electron chi connectivity index (χ1n) is 5.83. The second kappa shape index (κ2) is 6.21. The number of thioether (sulfide) groups is 1. The zero-order valence-electron chi connectivity index (χ0n) is 10.4. The standard InChI is InChI=1S/C12H14N2O3S2/c1-2-18-8-9-19(15,16)12-11(13-17-14-12)10-6-4-3-5-7-10/h3-7H,2,8-9H2,1H3. The lowest BCUT2D eigenvalue weighted by molar-refractivity contribution is 0.298. The molecule has 0 aliphatic carbocycles. The molecule has 1 aromatic carbocycles. The van der Waals surface area contributed by atoms with Crippen molar-refractivity contribution in [1.29, 1.82) is 0 Å². The first kappa shape index (κ1) is 14.1. The van der Waals surface area contributed by atoms with Gasteiger partial charge in [-0.05, 0) is 16.1 Å². The summed E-state index contributed by atoms with van der Waals surface area (Å²) in [6, 6.07) is 9.03. The first-order chi connectivity index (χ1) is 9.15. The van der Waals surface area contributed by atoms with Gasteiger partial charge in [0.05, 0.1) is 5.75 Å². The quantitative estimate of drug-likeness (QED) is 0.762. The van der Waals surface area contributed by atoms with Gasteiger partial charge in [0.15, 0.2) is 5.69 Å². The van der Waals surface area contributed by atoms with Crippen molar-refractivity contribution in [3.05, 3.63) is 30.3 Å². The fourth-order valence-corrected chi connectivity index (χ4v) is 3.99. The Bertz CT molecular complexity index is 623. The van der Waals surface area contributed by atoms with Gasteiger partial charge < -0.3 is 0 Å². The first-order valence-corrected chi connectivity index (χ1v) is 8.64. The van der Waals surface area contributed by atoms with Crippen LogP contribution in [0.15, 0.2) is 40.0 Å². The summed E-state index contributed by atoms with van der Waals surface area (Å²) in [4.78, 5) is 0. The number of aromatic nitrogens is 2. The molecule has 0 spiro atoms. The van der Waals surface area contributed by atoms with Crippen molar-refractivity contribution >= 4 is 21.6 Å². The maximum Gasteiger partial charge on any atom is 0.227 e. The summed E-state index contributed by atoms with van der Waals surface area (Å²) >= 11 is 1.58. The molecule has 1 aromatic heterocycles. The van der Waals surface area contributed by atoms with E-state index in [4.69, 9.17) is 0 Å². The van der Waals surface area contributed by atoms with E-state index in [9.17, 15) is 8.42 Å². The van der Waals surface area contributed by atoms with Crippen LogP contribution in [0.25, 0.3) is 11.3 Å². The summed E-state index contributed by atoms with van der Waals surface area (Å²) in [6.45, 7) is 1.99. The molecule has 0 bridgehead atoms. The van der Waals surface area contributed by atoms with Crippen molar-refractivity contribution in [3.63, 3.8) is 0 Å². The zero-order chi connectivity index (χ0) is 13.7. The topological polar surface area (TPSA) is 73.1 Å². The van der Waals surface area contributed by atoms with Crippen LogP contribution in [0.5, 0.6) is 0 Å². The number of benzene rings is 1. The highest BCUT2D eigenvalue weighted by atomic mass is 32.2. The molecule has 0 radical (unpaired) electrons. The minimum absolute atomic E-state index is 0.0412. The highest BCUT2D eigenvalue weighted by Crippen LogP contribution is 2.24. The van der Waals surface area contributed by atoms with E-state index in [1.165, 1.54) is 0 Å². The molecule has 0 saturated heterocycles. The highest BCUT2D eigenvalue weighted by Gasteiger charge is 2.25. The number of sulfone groups is 1. The number of hydrogen-bond acceptors (Lipinski definition) is 6. The smallest absolute Gasteiger partial charge is 0.227 e. The van der Waals surface area contributed by atoms with Gasteiger partial charge >= 0.3 is 0 Å². The maximum absolute atomic E-state index is 12.2. The largest absolute Gasteiger partial charge is 0.243 e. The molecule has 0 amide bonds. The van der Waals surface area contributed by atoms with Crippen molar-refractivity contribution in [2.24, 2.45) is 0 Å². The second-order valence-corrected chi connectivity index (χ2v) is 7.22. The molecule has 102 valence electrons. The van der Waals surface area contributed by atoms with E-state index in [2.05, 4.69) is 14.9 Å². The summed E-state index contributed by atoms with van der Waals surface area (Å²) < 4.78 is 29.0. The summed E-state index contributed by atoms with van der Waals surface area (Å²) in [5.74, 6) is 1.47. The Kier molecular flexibility index (Phi) is 4.60. The van der Waals surface area contributed by atoms with Crippen molar-refractivity contribution in [2.75, 3.05) is 17.3 Å². The summed E-state index contributed by atoms with van der Waals surface area (Å²) in [7, 11) is -3.46. The van der Waals surface area contributed by atoms with Gasteiger partial charge in [-0.3, -0.25) is 0 Å². The minimum atomic E-state index is -3.46. The molecular weight excluding hydrogens is 284 g/mol. The predicted molar refractivity (Wildman–Crippen MR) is 74.8 cm³/mol. The molecule has 0 fully saturated rings. The Morgan fingerprint density at radius 1 is 1.21 bits per heavy atom. The normalized spacial score (nSPS) is 11.6. The Morgan fingerprint density at radius 3 is 2.63 bits per heavy atom. The maximum atomic E-state index is 12.2. The molecule has 2 aromatic rings. The van der Waals surface area contributed by atoms with Crippen LogP contribution in [0, 0.1) is 0 Å². The summed E-state index contributed by atoms with van der Waals surface area (Å²) in [5.41, 5.74) is 0.965. The van der Waals surface area contributed by atoms with Gasteiger partial charge in [-0.1, -0.05) is 37.3 Å². The number of nitrogens with zero attached hydrogens (tertiary/aromatic N) is 2. The fourth-order valence-electron chi connectivity index (χ4n) is 1.57. The third kappa shape index (κ3) is 3.36. The van der Waals surface area contributed by atoms with E-state index in [0.717, 1.165) is 5.75 Å². The molecule has 7 heteroatoms. The van der Waals surface area contributed by atoms with Crippen molar-refractivity contribution in [3.8, 4) is 11.3 Å². The molecule has 19 heavy (non-hydrogen) atoms. The van der Waals surface area contributed by atoms with Gasteiger partial charge in [-0.2, -0.15) is 11.8 Å². The lowest BCUT2D eigenvalue weighted by atomic mass is 10.2. The van der Waals surface area contributed by atoms with Crippen LogP contribution in [-0.4, -0.2) is 36.0 Å². The Hall–Kier alpha value is -1.34. The Balaban J connectivity index is 2.29. The Labute approximate surface area is 116 Å². The van der Waals surface area contributed by atoms with Crippen LogP contribution in [0.2, 0.25) is 0 Å². The summed E-state index contributed by atoms with van der Waals surface area (Å²) in [5, 5.41) is 7.19. The van der Waals surface area contributed by atoms with Gasteiger partial charge in [0.2, 0.25) is 14.9 Å². The molecule has 0 atom stereocenters. The van der Waals surface area contributed by atoms with Crippen LogP contribution >= 0.6 is 11.8 Å². The van der Waals surface area contributed by atoms with Gasteiger partial charge in [0.1, 0.15) is 0 Å². The Morgan fingerprint density at radius 2 is 1.95 bits per heavy atom. The lowest BCUT2D eigenvalue weighted by Gasteiger charge is -2.01. The monoisotopic (exact) mass is 298 g/mol. The molecule has 0 saturated carbocycles. The average molecular weight is 298 g/mol. The van der Waals surface area contributed by atoms with Gasteiger partial charge in [-0.25, -0.2) is 13.0 Å². The number of rotatable bonds is 6. The van der Waals surface area contributed by atoms with Gasteiger partial charge in [0, 0.05) is 11.3 Å². The molecule has 5 nitrogen and oxygen atoms in total. The molecule has 1 heterocycles. The van der Waals surface area contributed by atoms with Crippen LogP contribution < -0.4 is 0 Å². The molecule has 0 unspecified atom stereocenters. The van der Waals surface area contributed by atoms with Crippen LogP contribution in [0.3, 0.4) is 0 Å². The van der Waals surface area contributed by atoms with E-state index in [-0.39, 0.29) is 16.5 Å². The van der Waals surface area contributed by atoms with Crippen molar-refractivity contribution < 1.29 is 13.0 Å². The highest BCUT2D eigenvalue weighted by molar-refractivity contribution is 8.00. The zero-order valence-corrected chi connectivity index (χ0v) is 12.1. The molecule has 0 aliphatic rings. The summed E-state index contributed by atoms with van der Waals surface area (Å²) in [6.07, 6.45) is 0. The lowest BCUT2D eigenvalue weighted by Crippen LogP contribution is -2.10. The second-order valence-electron chi connectivity index (χ2n) is 3.80. The fraction of sp³-hybridized carbons (Fsp3) is 0.333. The van der Waals surface area contributed by atoms with Crippen LogP contribution in [-0.2, 0) is 9.84 Å². The number of hydrogen-bond donors (Lipinski definition) is 0. The SMILES string of the molecule is CCSCCS(=O)(=O)c1nonc1-c1ccccc1. The van der Waals surface area contributed by atoms with Crippen LogP contribution in [0.4, 0.5) is 0 Å². The van der Waals surface area contributed by atoms with E-state index >= 15 is 0 Å².